The molecule has 4 nitrogen and oxygen atoms in total. The Morgan fingerprint density at radius 3 is 1.19 bits per heavy atom. The third-order valence-corrected chi connectivity index (χ3v) is 6.10. The predicted molar refractivity (Wildman–Crippen MR) is 134 cm³/mol. The van der Waals surface area contributed by atoms with Crippen LogP contribution >= 0.6 is 0 Å². The lowest BCUT2D eigenvalue weighted by atomic mass is 9.85. The summed E-state index contributed by atoms with van der Waals surface area (Å²) < 4.78 is 29.1. The molecule has 36 heavy (non-hydrogen) atoms. The van der Waals surface area contributed by atoms with Crippen molar-refractivity contribution < 1.29 is 8.78 Å². The van der Waals surface area contributed by atoms with Gasteiger partial charge in [0.25, 0.3) is 0 Å². The Balaban J connectivity index is 1.99. The number of nitriles is 2. The molecule has 0 atom stereocenters. The predicted octanol–water partition coefficient (Wildman–Crippen LogP) is 8.45. The summed E-state index contributed by atoms with van der Waals surface area (Å²) in [4.78, 5) is 6.53. The average Bonchev–Trinajstić information content (AvgIpc) is 2.92. The number of hydrogen-bond donors (Lipinski definition) is 0. The summed E-state index contributed by atoms with van der Waals surface area (Å²) >= 11 is 0. The van der Waals surface area contributed by atoms with E-state index in [1.165, 1.54) is 24.3 Å². The van der Waals surface area contributed by atoms with Crippen molar-refractivity contribution in [2.75, 3.05) is 0 Å². The number of nitrogens with zero attached hydrogens (tertiary/aromatic N) is 4. The molecule has 0 amide bonds. The van der Waals surface area contributed by atoms with Crippen molar-refractivity contribution in [1.29, 1.82) is 10.5 Å². The van der Waals surface area contributed by atoms with E-state index < -0.39 is 11.6 Å². The molecule has 0 saturated carbocycles. The first kappa shape index (κ1) is 22.2. The molecule has 0 aliphatic carbocycles. The molecule has 166 valence electrons. The van der Waals surface area contributed by atoms with Crippen LogP contribution in [0.2, 0.25) is 0 Å². The molecule has 0 heterocycles. The van der Waals surface area contributed by atoms with Crippen LogP contribution in [0.25, 0.3) is 53.5 Å². The summed E-state index contributed by atoms with van der Waals surface area (Å²) in [5.74, 6) is -1.72. The van der Waals surface area contributed by atoms with E-state index >= 15 is 0 Å². The van der Waals surface area contributed by atoms with Gasteiger partial charge in [-0.3, -0.25) is 0 Å². The molecule has 5 aromatic carbocycles. The van der Waals surface area contributed by atoms with E-state index in [0.717, 1.165) is 21.5 Å². The quantitative estimate of drug-likeness (QED) is 0.194. The van der Waals surface area contributed by atoms with Crippen LogP contribution in [0.5, 0.6) is 0 Å². The largest absolute Gasteiger partial charge is 0.235 e. The summed E-state index contributed by atoms with van der Waals surface area (Å²) in [6.07, 6.45) is 0. The van der Waals surface area contributed by atoms with E-state index in [1.807, 2.05) is 60.7 Å². The van der Waals surface area contributed by atoms with Crippen molar-refractivity contribution in [3.05, 3.63) is 118 Å². The Hall–Kier alpha value is -5.56. The summed E-state index contributed by atoms with van der Waals surface area (Å²) in [6.45, 7) is 14.8. The first-order chi connectivity index (χ1) is 17.5. The van der Waals surface area contributed by atoms with Gasteiger partial charge in [-0.05, 0) is 68.1 Å². The number of rotatable bonds is 2. The molecule has 5 rings (SSSR count). The van der Waals surface area contributed by atoms with Crippen molar-refractivity contribution >= 4 is 32.9 Å². The van der Waals surface area contributed by atoms with Crippen LogP contribution in [-0.4, -0.2) is 0 Å². The highest BCUT2D eigenvalue weighted by atomic mass is 19.1. The van der Waals surface area contributed by atoms with E-state index in [4.69, 9.17) is 13.1 Å². The number of benzene rings is 5. The molecule has 0 saturated heterocycles. The Labute approximate surface area is 205 Å². The normalized spacial score (nSPS) is 10.4. The van der Waals surface area contributed by atoms with Crippen LogP contribution in [0, 0.1) is 47.4 Å². The fourth-order valence-electron chi connectivity index (χ4n) is 4.58. The van der Waals surface area contributed by atoms with Gasteiger partial charge in [0.2, 0.25) is 11.4 Å². The average molecular weight is 466 g/mol. The van der Waals surface area contributed by atoms with Crippen LogP contribution < -0.4 is 0 Å². The first-order valence-corrected chi connectivity index (χ1v) is 10.7. The summed E-state index contributed by atoms with van der Waals surface area (Å²) in [5.41, 5.74) is 1.48. The van der Waals surface area contributed by atoms with Gasteiger partial charge in [-0.25, -0.2) is 18.5 Å². The second-order valence-electron chi connectivity index (χ2n) is 8.00. The molecule has 0 fully saturated rings. The zero-order valence-corrected chi connectivity index (χ0v) is 18.5. The third-order valence-electron chi connectivity index (χ3n) is 6.10. The summed E-state index contributed by atoms with van der Waals surface area (Å²) in [6, 6.07) is 24.2. The highest BCUT2D eigenvalue weighted by Gasteiger charge is 2.20. The number of halogens is 2. The molecule has 0 aliphatic rings. The minimum absolute atomic E-state index is 0.227. The standard InChI is InChI=1S/C30H12F2N4/c1-35-25-13-17(11-19(15-33)29(25)31)27-21-7-3-5-9-23(21)28(24-10-6-4-8-22(24)27)18-12-20(16-34)30(32)26(14-18)36-2/h3-14H. The topological polar surface area (TPSA) is 56.3 Å². The van der Waals surface area contributed by atoms with E-state index in [1.54, 1.807) is 0 Å². The maximum Gasteiger partial charge on any atom is 0.224 e. The van der Waals surface area contributed by atoms with Crippen molar-refractivity contribution in [2.45, 2.75) is 0 Å². The summed E-state index contributed by atoms with van der Waals surface area (Å²) in [5, 5.41) is 22.0. The minimum atomic E-state index is -0.858. The number of hydrogen-bond acceptors (Lipinski definition) is 2. The monoisotopic (exact) mass is 466 g/mol. The lowest BCUT2D eigenvalue weighted by Crippen LogP contribution is -1.94. The zero-order valence-electron chi connectivity index (χ0n) is 18.5. The second-order valence-corrected chi connectivity index (χ2v) is 8.00. The first-order valence-electron chi connectivity index (χ1n) is 10.7. The van der Waals surface area contributed by atoms with Crippen molar-refractivity contribution in [3.63, 3.8) is 0 Å². The van der Waals surface area contributed by atoms with Crippen LogP contribution in [0.3, 0.4) is 0 Å². The fourth-order valence-corrected chi connectivity index (χ4v) is 4.58. The van der Waals surface area contributed by atoms with Gasteiger partial charge in [-0.15, -0.1) is 0 Å². The van der Waals surface area contributed by atoms with Gasteiger partial charge in [0, 0.05) is 0 Å². The van der Waals surface area contributed by atoms with Gasteiger partial charge in [0.15, 0.2) is 0 Å². The van der Waals surface area contributed by atoms with Gasteiger partial charge < -0.3 is 0 Å². The lowest BCUT2D eigenvalue weighted by molar-refractivity contribution is 0.629. The van der Waals surface area contributed by atoms with Gasteiger partial charge in [-0.2, -0.15) is 10.5 Å². The third kappa shape index (κ3) is 3.31. The van der Waals surface area contributed by atoms with E-state index in [-0.39, 0.29) is 22.5 Å². The summed E-state index contributed by atoms with van der Waals surface area (Å²) in [7, 11) is 0. The van der Waals surface area contributed by atoms with E-state index in [2.05, 4.69) is 9.69 Å². The van der Waals surface area contributed by atoms with E-state index in [9.17, 15) is 19.3 Å². The van der Waals surface area contributed by atoms with Gasteiger partial charge in [0.1, 0.15) is 23.8 Å². The Bertz CT molecular complexity index is 1650. The number of fused-ring (bicyclic) bond motifs is 2. The molecule has 0 N–H and O–H groups in total. The highest BCUT2D eigenvalue weighted by molar-refractivity contribution is 6.21. The molecule has 0 radical (unpaired) electrons. The molecule has 6 heteroatoms. The smallest absolute Gasteiger partial charge is 0.224 e. The Morgan fingerprint density at radius 2 is 0.917 bits per heavy atom. The van der Waals surface area contributed by atoms with Crippen LogP contribution in [0.1, 0.15) is 11.1 Å². The lowest BCUT2D eigenvalue weighted by Gasteiger charge is -2.18. The zero-order chi connectivity index (χ0) is 25.4. The maximum absolute atomic E-state index is 14.5. The van der Waals surface area contributed by atoms with Crippen molar-refractivity contribution in [2.24, 2.45) is 0 Å². The fraction of sp³-hybridized carbons (Fsp3) is 0. The molecule has 0 spiro atoms. The molecule has 0 aliphatic heterocycles. The molecule has 5 aromatic rings. The molecular weight excluding hydrogens is 454 g/mol. The SMILES string of the molecule is [C-]#[N+]c1cc(-c2c3ccccc3c(-c3cc(C#N)c(F)c([N+]#[C-])c3)c3ccccc23)cc(C#N)c1F. The van der Waals surface area contributed by atoms with Crippen LogP contribution in [0.4, 0.5) is 20.2 Å². The van der Waals surface area contributed by atoms with Crippen LogP contribution in [-0.2, 0) is 0 Å². The Morgan fingerprint density at radius 1 is 0.583 bits per heavy atom. The van der Waals surface area contributed by atoms with Gasteiger partial charge >= 0.3 is 0 Å². The molecule has 0 bridgehead atoms. The minimum Gasteiger partial charge on any atom is -0.235 e. The molecule has 0 aromatic heterocycles. The van der Waals surface area contributed by atoms with E-state index in [0.29, 0.717) is 22.3 Å². The molecular formula is C30H12F2N4. The Kier molecular flexibility index (Phi) is 5.35. The molecule has 0 unspecified atom stereocenters. The van der Waals surface area contributed by atoms with Crippen molar-refractivity contribution in [3.8, 4) is 34.4 Å². The van der Waals surface area contributed by atoms with Gasteiger partial charge in [-0.1, -0.05) is 48.5 Å². The van der Waals surface area contributed by atoms with Gasteiger partial charge in [0.05, 0.1) is 24.3 Å². The van der Waals surface area contributed by atoms with Crippen LogP contribution in [0.15, 0.2) is 72.8 Å². The highest BCUT2D eigenvalue weighted by Crippen LogP contribution is 2.45. The van der Waals surface area contributed by atoms with Crippen molar-refractivity contribution in [1.82, 2.24) is 0 Å². The maximum atomic E-state index is 14.5. The second kappa shape index (κ2) is 8.66.